The summed E-state index contributed by atoms with van der Waals surface area (Å²) in [6.45, 7) is 3.92. The Bertz CT molecular complexity index is 374. The zero-order valence-corrected chi connectivity index (χ0v) is 15.1. The number of rotatable bonds is 12. The number of nitrogens with one attached hydrogen (secondary N) is 1. The van der Waals surface area contributed by atoms with Crippen molar-refractivity contribution in [2.45, 2.75) is 51.6 Å². The molecule has 0 aliphatic rings. The fourth-order valence-electron chi connectivity index (χ4n) is 2.10. The largest absolute Gasteiger partial charge is 0.389 e. The molecular weight excluding hydrogens is 377 g/mol. The van der Waals surface area contributed by atoms with Crippen molar-refractivity contribution in [1.82, 2.24) is 0 Å². The smallest absolute Gasteiger partial charge is 0.0945 e. The summed E-state index contributed by atoms with van der Waals surface area (Å²) < 4.78 is 6.71. The maximum atomic E-state index is 9.86. The van der Waals surface area contributed by atoms with Crippen molar-refractivity contribution < 1.29 is 9.84 Å². The number of unbranched alkanes of at least 4 members (excludes halogenated alkanes) is 5. The molecule has 0 heterocycles. The standard InChI is InChI=1S/C17H28INO2/c1-2-3-4-5-6-7-11-21-14-17(20)13-19-16-10-8-9-15(18)12-16/h8-10,12,17,19-20H,2-7,11,13-14H2,1H3. The average Bonchev–Trinajstić information content (AvgIpc) is 2.48. The van der Waals surface area contributed by atoms with Gasteiger partial charge in [0, 0.05) is 22.4 Å². The van der Waals surface area contributed by atoms with E-state index >= 15 is 0 Å². The molecule has 1 unspecified atom stereocenters. The minimum absolute atomic E-state index is 0.409. The van der Waals surface area contributed by atoms with Gasteiger partial charge >= 0.3 is 0 Å². The van der Waals surface area contributed by atoms with Gasteiger partial charge in [0.05, 0.1) is 12.7 Å². The van der Waals surface area contributed by atoms with Gasteiger partial charge in [-0.25, -0.2) is 0 Å². The van der Waals surface area contributed by atoms with Crippen LogP contribution in [0.3, 0.4) is 0 Å². The number of hydrogen-bond donors (Lipinski definition) is 2. The maximum absolute atomic E-state index is 9.86. The van der Waals surface area contributed by atoms with Crippen LogP contribution in [0.15, 0.2) is 24.3 Å². The van der Waals surface area contributed by atoms with E-state index in [0.717, 1.165) is 18.7 Å². The Morgan fingerprint density at radius 1 is 1.19 bits per heavy atom. The second kappa shape index (κ2) is 12.2. The fraction of sp³-hybridized carbons (Fsp3) is 0.647. The summed E-state index contributed by atoms with van der Waals surface area (Å²) in [6.07, 6.45) is 7.13. The normalized spacial score (nSPS) is 12.3. The molecule has 4 heteroatoms. The van der Waals surface area contributed by atoms with Crippen molar-refractivity contribution in [3.63, 3.8) is 0 Å². The number of anilines is 1. The van der Waals surface area contributed by atoms with Crippen molar-refractivity contribution >= 4 is 28.3 Å². The molecule has 0 bridgehead atoms. The van der Waals surface area contributed by atoms with Gasteiger partial charge in [-0.2, -0.15) is 0 Å². The van der Waals surface area contributed by atoms with Gasteiger partial charge in [-0.05, 0) is 47.2 Å². The maximum Gasteiger partial charge on any atom is 0.0945 e. The Morgan fingerprint density at radius 3 is 2.71 bits per heavy atom. The second-order valence-electron chi connectivity index (χ2n) is 5.39. The van der Waals surface area contributed by atoms with E-state index in [0.29, 0.717) is 13.2 Å². The van der Waals surface area contributed by atoms with Gasteiger partial charge in [-0.1, -0.05) is 45.1 Å². The molecule has 0 aromatic heterocycles. The molecule has 0 spiro atoms. The molecule has 1 aromatic rings. The van der Waals surface area contributed by atoms with E-state index in [2.05, 4.69) is 40.9 Å². The molecule has 3 nitrogen and oxygen atoms in total. The van der Waals surface area contributed by atoms with Crippen LogP contribution < -0.4 is 5.32 Å². The molecule has 2 N–H and O–H groups in total. The third kappa shape index (κ3) is 10.1. The summed E-state index contributed by atoms with van der Waals surface area (Å²) in [5.74, 6) is 0. The van der Waals surface area contributed by atoms with Crippen LogP contribution in [0.5, 0.6) is 0 Å². The highest BCUT2D eigenvalue weighted by atomic mass is 127. The Hall–Kier alpha value is -0.330. The molecule has 0 radical (unpaired) electrons. The van der Waals surface area contributed by atoms with Gasteiger partial charge in [0.25, 0.3) is 0 Å². The third-order valence-electron chi connectivity index (χ3n) is 3.32. The molecule has 120 valence electrons. The summed E-state index contributed by atoms with van der Waals surface area (Å²) in [5.41, 5.74) is 1.04. The molecule has 1 aromatic carbocycles. The number of aliphatic hydroxyl groups is 1. The lowest BCUT2D eigenvalue weighted by Gasteiger charge is -2.13. The first-order chi connectivity index (χ1) is 10.2. The van der Waals surface area contributed by atoms with Crippen molar-refractivity contribution in [1.29, 1.82) is 0 Å². The van der Waals surface area contributed by atoms with Crippen LogP contribution in [0.1, 0.15) is 45.4 Å². The predicted octanol–water partition coefficient (Wildman–Crippen LogP) is 4.44. The molecule has 0 fully saturated rings. The van der Waals surface area contributed by atoms with Gasteiger partial charge in [-0.3, -0.25) is 0 Å². The van der Waals surface area contributed by atoms with Gasteiger partial charge < -0.3 is 15.2 Å². The minimum atomic E-state index is -0.456. The summed E-state index contributed by atoms with van der Waals surface area (Å²) in [5, 5.41) is 13.1. The van der Waals surface area contributed by atoms with E-state index in [1.807, 2.05) is 18.2 Å². The van der Waals surface area contributed by atoms with E-state index in [1.165, 1.54) is 35.7 Å². The SMILES string of the molecule is CCCCCCCCOCC(O)CNc1cccc(I)c1. The van der Waals surface area contributed by atoms with Crippen molar-refractivity contribution in [2.24, 2.45) is 0 Å². The van der Waals surface area contributed by atoms with Crippen molar-refractivity contribution in [3.8, 4) is 0 Å². The van der Waals surface area contributed by atoms with Crippen LogP contribution in [0, 0.1) is 3.57 Å². The summed E-state index contributed by atoms with van der Waals surface area (Å²) in [7, 11) is 0. The molecule has 21 heavy (non-hydrogen) atoms. The lowest BCUT2D eigenvalue weighted by Crippen LogP contribution is -2.25. The van der Waals surface area contributed by atoms with Gasteiger partial charge in [0.15, 0.2) is 0 Å². The van der Waals surface area contributed by atoms with Crippen LogP contribution in [0.25, 0.3) is 0 Å². The summed E-state index contributed by atoms with van der Waals surface area (Å²) in [6, 6.07) is 8.12. The van der Waals surface area contributed by atoms with Crippen molar-refractivity contribution in [2.75, 3.05) is 25.1 Å². The zero-order chi connectivity index (χ0) is 15.3. The van der Waals surface area contributed by atoms with E-state index in [1.54, 1.807) is 0 Å². The predicted molar refractivity (Wildman–Crippen MR) is 97.9 cm³/mol. The van der Waals surface area contributed by atoms with E-state index < -0.39 is 6.10 Å². The first kappa shape index (κ1) is 18.7. The highest BCUT2D eigenvalue weighted by Gasteiger charge is 2.04. The molecule has 0 aliphatic heterocycles. The zero-order valence-electron chi connectivity index (χ0n) is 13.0. The van der Waals surface area contributed by atoms with Gasteiger partial charge in [0.2, 0.25) is 0 Å². The van der Waals surface area contributed by atoms with Gasteiger partial charge in [-0.15, -0.1) is 0 Å². The molecular formula is C17H28INO2. The summed E-state index contributed by atoms with van der Waals surface area (Å²) >= 11 is 2.28. The van der Waals surface area contributed by atoms with Crippen LogP contribution in [-0.2, 0) is 4.74 Å². The average molecular weight is 405 g/mol. The first-order valence-electron chi connectivity index (χ1n) is 7.97. The van der Waals surface area contributed by atoms with Crippen LogP contribution >= 0.6 is 22.6 Å². The van der Waals surface area contributed by atoms with Crippen LogP contribution in [0.4, 0.5) is 5.69 Å². The second-order valence-corrected chi connectivity index (χ2v) is 6.63. The molecule has 1 rings (SSSR count). The Labute approximate surface area is 142 Å². The molecule has 1 atom stereocenters. The first-order valence-corrected chi connectivity index (χ1v) is 9.05. The monoisotopic (exact) mass is 405 g/mol. The van der Waals surface area contributed by atoms with E-state index in [9.17, 15) is 5.11 Å². The Kier molecular flexibility index (Phi) is 10.9. The highest BCUT2D eigenvalue weighted by Crippen LogP contribution is 2.12. The Morgan fingerprint density at radius 2 is 1.95 bits per heavy atom. The lowest BCUT2D eigenvalue weighted by atomic mass is 10.1. The Balaban J connectivity index is 1.97. The molecule has 0 saturated carbocycles. The number of benzene rings is 1. The summed E-state index contributed by atoms with van der Waals surface area (Å²) in [4.78, 5) is 0. The topological polar surface area (TPSA) is 41.5 Å². The van der Waals surface area contributed by atoms with Crippen LogP contribution in [-0.4, -0.2) is 31.0 Å². The number of aliphatic hydroxyl groups excluding tert-OH is 1. The molecule has 0 aliphatic carbocycles. The highest BCUT2D eigenvalue weighted by molar-refractivity contribution is 14.1. The molecule has 0 amide bonds. The van der Waals surface area contributed by atoms with Crippen LogP contribution in [0.2, 0.25) is 0 Å². The number of hydrogen-bond acceptors (Lipinski definition) is 3. The van der Waals surface area contributed by atoms with Gasteiger partial charge in [0.1, 0.15) is 0 Å². The number of ether oxygens (including phenoxy) is 1. The lowest BCUT2D eigenvalue weighted by molar-refractivity contribution is 0.0416. The third-order valence-corrected chi connectivity index (χ3v) is 3.99. The molecule has 0 saturated heterocycles. The number of halogens is 1. The fourth-order valence-corrected chi connectivity index (χ4v) is 2.64. The van der Waals surface area contributed by atoms with E-state index in [4.69, 9.17) is 4.74 Å². The van der Waals surface area contributed by atoms with Crippen molar-refractivity contribution in [3.05, 3.63) is 27.8 Å². The van der Waals surface area contributed by atoms with E-state index in [-0.39, 0.29) is 0 Å². The quantitative estimate of drug-likeness (QED) is 0.399. The minimum Gasteiger partial charge on any atom is -0.389 e.